The Hall–Kier alpha value is -4.19. The molecule has 0 bridgehead atoms. The monoisotopic (exact) mass is 588 g/mol. The number of fused-ring (bicyclic) bond motifs is 2. The lowest BCUT2D eigenvalue weighted by Crippen LogP contribution is -2.39. The van der Waals surface area contributed by atoms with Crippen molar-refractivity contribution in [3.05, 3.63) is 82.7 Å². The molecular weight excluding hydrogens is 559 g/mol. The van der Waals surface area contributed by atoms with Crippen LogP contribution in [0.1, 0.15) is 77.1 Å². The van der Waals surface area contributed by atoms with Gasteiger partial charge in [-0.3, -0.25) is 19.3 Å². The van der Waals surface area contributed by atoms with Gasteiger partial charge in [-0.25, -0.2) is 22.3 Å². The maximum absolute atomic E-state index is 15.4. The first-order valence-corrected chi connectivity index (χ1v) is 15.9. The first-order valence-electron chi connectivity index (χ1n) is 14.0. The van der Waals surface area contributed by atoms with Gasteiger partial charge >= 0.3 is 0 Å². The van der Waals surface area contributed by atoms with Gasteiger partial charge < -0.3 is 4.90 Å². The lowest BCUT2D eigenvalue weighted by atomic mass is 9.93. The fourth-order valence-corrected chi connectivity index (χ4v) is 6.53. The number of nitrogens with zero attached hydrogens (tertiary/aromatic N) is 5. The van der Waals surface area contributed by atoms with Gasteiger partial charge in [-0.2, -0.15) is 5.10 Å². The summed E-state index contributed by atoms with van der Waals surface area (Å²) >= 11 is 0. The van der Waals surface area contributed by atoms with Gasteiger partial charge in [0.15, 0.2) is 5.65 Å². The van der Waals surface area contributed by atoms with Crippen molar-refractivity contribution in [3.8, 4) is 11.3 Å². The zero-order valence-electron chi connectivity index (χ0n) is 23.1. The largest absolute Gasteiger partial charge is 0.330 e. The highest BCUT2D eigenvalue weighted by atomic mass is 32.2. The maximum Gasteiger partial charge on any atom is 0.273 e. The molecule has 42 heavy (non-hydrogen) atoms. The number of carbonyl (C=O) groups excluding carboxylic acids is 2. The molecule has 3 atom stereocenters. The van der Waals surface area contributed by atoms with E-state index >= 15 is 4.39 Å². The van der Waals surface area contributed by atoms with E-state index in [1.54, 1.807) is 10.6 Å². The summed E-state index contributed by atoms with van der Waals surface area (Å²) in [5.74, 6) is -1.96. The summed E-state index contributed by atoms with van der Waals surface area (Å²) in [5, 5.41) is 4.65. The summed E-state index contributed by atoms with van der Waals surface area (Å²) in [6.07, 6.45) is 5.44. The molecule has 2 aliphatic carbocycles. The maximum atomic E-state index is 15.4. The average molecular weight is 589 g/mol. The molecule has 3 aromatic heterocycles. The van der Waals surface area contributed by atoms with E-state index in [0.29, 0.717) is 35.7 Å². The number of carbonyl (C=O) groups is 2. The minimum absolute atomic E-state index is 0.0764. The van der Waals surface area contributed by atoms with Crippen LogP contribution in [0.2, 0.25) is 0 Å². The SMILES string of the molecule is C[C@@H]1c2ccccc2CCN1C(=O)c1cc(C2CC2)n2nc(-c3cnc([C@@H]4C[C@H]4C(=O)NS(C)(=O)=O)cc3F)cc2n1. The van der Waals surface area contributed by atoms with Crippen LogP contribution in [0, 0.1) is 11.7 Å². The standard InChI is InChI=1S/C30H29FN6O4S/c1-16-19-6-4-3-5-17(19)9-10-36(16)30(39)26-13-27(18-7-8-18)37-28(33-26)14-25(34-37)22-15-32-24(12-23(22)31)20-11-21(20)29(38)35-42(2,40)41/h3-6,12-16,18,20-21H,7-11H2,1-2H3,(H,35,38)/t16-,20-,21-/m1/s1. The van der Waals surface area contributed by atoms with Crippen molar-refractivity contribution in [1.29, 1.82) is 0 Å². The van der Waals surface area contributed by atoms with E-state index < -0.39 is 27.7 Å². The molecule has 2 saturated carbocycles. The second-order valence-corrected chi connectivity index (χ2v) is 13.3. The molecule has 2 fully saturated rings. The average Bonchev–Trinajstić information content (AvgIpc) is 3.88. The third kappa shape index (κ3) is 4.83. The van der Waals surface area contributed by atoms with Crippen LogP contribution < -0.4 is 4.72 Å². The quantitative estimate of drug-likeness (QED) is 0.364. The lowest BCUT2D eigenvalue weighted by Gasteiger charge is -2.35. The van der Waals surface area contributed by atoms with Crippen LogP contribution in [0.15, 0.2) is 48.7 Å². The third-order valence-corrected chi connectivity index (χ3v) is 9.04. The molecule has 0 radical (unpaired) electrons. The minimum Gasteiger partial charge on any atom is -0.330 e. The second kappa shape index (κ2) is 9.69. The molecule has 4 aromatic rings. The number of aromatic nitrogens is 4. The van der Waals surface area contributed by atoms with Crippen molar-refractivity contribution < 1.29 is 22.4 Å². The summed E-state index contributed by atoms with van der Waals surface area (Å²) in [4.78, 5) is 36.8. The number of benzene rings is 1. The van der Waals surface area contributed by atoms with Crippen LogP contribution in [0.4, 0.5) is 4.39 Å². The van der Waals surface area contributed by atoms with Crippen molar-refractivity contribution in [1.82, 2.24) is 29.2 Å². The Morgan fingerprint density at radius 2 is 1.90 bits per heavy atom. The molecule has 0 spiro atoms. The van der Waals surface area contributed by atoms with Crippen molar-refractivity contribution in [2.75, 3.05) is 12.8 Å². The predicted molar refractivity (Wildman–Crippen MR) is 152 cm³/mol. The van der Waals surface area contributed by atoms with Crippen LogP contribution >= 0.6 is 0 Å². The van der Waals surface area contributed by atoms with E-state index in [1.807, 2.05) is 34.7 Å². The molecule has 216 valence electrons. The fourth-order valence-electron chi connectivity index (χ4n) is 6.01. The zero-order chi connectivity index (χ0) is 29.3. The van der Waals surface area contributed by atoms with Gasteiger partial charge in [-0.15, -0.1) is 0 Å². The van der Waals surface area contributed by atoms with Gasteiger partial charge in [0.25, 0.3) is 5.91 Å². The number of pyridine rings is 1. The molecular formula is C30H29FN6O4S. The van der Waals surface area contributed by atoms with Crippen LogP contribution in [-0.4, -0.2) is 57.5 Å². The summed E-state index contributed by atoms with van der Waals surface area (Å²) < 4.78 is 41.8. The van der Waals surface area contributed by atoms with Crippen molar-refractivity contribution in [2.45, 2.75) is 50.5 Å². The molecule has 2 amide bonds. The van der Waals surface area contributed by atoms with E-state index in [4.69, 9.17) is 0 Å². The summed E-state index contributed by atoms with van der Waals surface area (Å²) in [6, 6.07) is 12.9. The third-order valence-electron chi connectivity index (χ3n) is 8.47. The van der Waals surface area contributed by atoms with Crippen molar-refractivity contribution in [3.63, 3.8) is 0 Å². The molecule has 1 aliphatic heterocycles. The molecule has 4 heterocycles. The molecule has 12 heteroatoms. The molecule has 0 unspecified atom stereocenters. The first kappa shape index (κ1) is 26.7. The normalized spacial score (nSPS) is 21.7. The number of halogens is 1. The Labute approximate surface area is 242 Å². The molecule has 1 aromatic carbocycles. The van der Waals surface area contributed by atoms with E-state index in [0.717, 1.165) is 36.8 Å². The Morgan fingerprint density at radius 1 is 1.12 bits per heavy atom. The van der Waals surface area contributed by atoms with Crippen molar-refractivity contribution in [2.24, 2.45) is 5.92 Å². The molecule has 0 saturated heterocycles. The summed E-state index contributed by atoms with van der Waals surface area (Å²) in [5.41, 5.74) is 5.00. The Bertz CT molecular complexity index is 1890. The highest BCUT2D eigenvalue weighted by Gasteiger charge is 2.46. The Morgan fingerprint density at radius 3 is 2.64 bits per heavy atom. The summed E-state index contributed by atoms with van der Waals surface area (Å²) in [7, 11) is -3.67. The van der Waals surface area contributed by atoms with Crippen LogP contribution in [0.25, 0.3) is 16.9 Å². The number of sulfonamides is 1. The number of amides is 2. The number of rotatable bonds is 6. The van der Waals surface area contributed by atoms with Gasteiger partial charge in [0.1, 0.15) is 11.5 Å². The van der Waals surface area contributed by atoms with Gasteiger partial charge in [0.2, 0.25) is 15.9 Å². The van der Waals surface area contributed by atoms with Crippen LogP contribution in [0.5, 0.6) is 0 Å². The number of nitrogens with one attached hydrogen (secondary N) is 1. The molecule has 7 rings (SSSR count). The Kier molecular flexibility index (Phi) is 6.16. The lowest BCUT2D eigenvalue weighted by molar-refractivity contribution is -0.120. The van der Waals surface area contributed by atoms with Gasteiger partial charge in [0.05, 0.1) is 23.6 Å². The van der Waals surface area contributed by atoms with Gasteiger partial charge in [-0.05, 0) is 55.9 Å². The first-order chi connectivity index (χ1) is 20.1. The summed E-state index contributed by atoms with van der Waals surface area (Å²) in [6.45, 7) is 2.64. The van der Waals surface area contributed by atoms with E-state index in [9.17, 15) is 18.0 Å². The van der Waals surface area contributed by atoms with Crippen LogP contribution in [0.3, 0.4) is 0 Å². The predicted octanol–water partition coefficient (Wildman–Crippen LogP) is 3.75. The highest BCUT2D eigenvalue weighted by Crippen LogP contribution is 2.47. The zero-order valence-corrected chi connectivity index (χ0v) is 23.9. The van der Waals surface area contributed by atoms with E-state index in [-0.39, 0.29) is 29.3 Å². The number of hydrogen-bond donors (Lipinski definition) is 1. The minimum atomic E-state index is -3.67. The van der Waals surface area contributed by atoms with E-state index in [1.165, 1.54) is 17.8 Å². The van der Waals surface area contributed by atoms with Gasteiger partial charge in [0, 0.05) is 47.9 Å². The van der Waals surface area contributed by atoms with Gasteiger partial charge in [-0.1, -0.05) is 24.3 Å². The fraction of sp³-hybridized carbons (Fsp3) is 0.367. The second-order valence-electron chi connectivity index (χ2n) is 11.5. The molecule has 10 nitrogen and oxygen atoms in total. The Balaban J connectivity index is 1.17. The molecule has 1 N–H and O–H groups in total. The van der Waals surface area contributed by atoms with E-state index in [2.05, 4.69) is 27.2 Å². The topological polar surface area (TPSA) is 127 Å². The number of hydrogen-bond acceptors (Lipinski definition) is 7. The smallest absolute Gasteiger partial charge is 0.273 e. The molecule has 3 aliphatic rings. The van der Waals surface area contributed by atoms with Crippen molar-refractivity contribution >= 4 is 27.5 Å². The highest BCUT2D eigenvalue weighted by molar-refractivity contribution is 7.89. The van der Waals surface area contributed by atoms with Crippen LogP contribution in [-0.2, 0) is 21.2 Å².